The second-order valence-corrected chi connectivity index (χ2v) is 5.55. The fourth-order valence-corrected chi connectivity index (χ4v) is 3.10. The molecule has 2 rings (SSSR count). The van der Waals surface area contributed by atoms with Crippen molar-refractivity contribution in [2.75, 3.05) is 0 Å². The molecule has 0 fully saturated rings. The second kappa shape index (κ2) is 5.42. The summed E-state index contributed by atoms with van der Waals surface area (Å²) >= 11 is 4.67. The summed E-state index contributed by atoms with van der Waals surface area (Å²) < 4.78 is 40.0. The molecule has 0 aliphatic heterocycles. The van der Waals surface area contributed by atoms with Crippen molar-refractivity contribution in [3.05, 3.63) is 55.9 Å². The van der Waals surface area contributed by atoms with Gasteiger partial charge in [0.25, 0.3) is 0 Å². The summed E-state index contributed by atoms with van der Waals surface area (Å²) in [6, 6.07) is 2.93. The number of aliphatic hydroxyl groups is 1. The Morgan fingerprint density at radius 3 is 2.44 bits per heavy atom. The lowest BCUT2D eigenvalue weighted by Gasteiger charge is -2.11. The van der Waals surface area contributed by atoms with Crippen LogP contribution < -0.4 is 0 Å². The van der Waals surface area contributed by atoms with E-state index in [0.717, 1.165) is 9.35 Å². The molecule has 0 spiro atoms. The van der Waals surface area contributed by atoms with Crippen molar-refractivity contribution in [3.8, 4) is 0 Å². The van der Waals surface area contributed by atoms with Crippen LogP contribution in [-0.2, 0) is 6.42 Å². The molecule has 1 N–H and O–H groups in total. The van der Waals surface area contributed by atoms with E-state index in [4.69, 9.17) is 0 Å². The number of hydrogen-bond acceptors (Lipinski definition) is 2. The molecule has 0 radical (unpaired) electrons. The van der Waals surface area contributed by atoms with Crippen LogP contribution >= 0.6 is 27.3 Å². The molecule has 0 aliphatic carbocycles. The van der Waals surface area contributed by atoms with Gasteiger partial charge in [-0.25, -0.2) is 13.2 Å². The number of rotatable bonds is 3. The maximum atomic E-state index is 13.4. The zero-order valence-corrected chi connectivity index (χ0v) is 11.4. The zero-order valence-electron chi connectivity index (χ0n) is 8.96. The largest absolute Gasteiger partial charge is 0.388 e. The van der Waals surface area contributed by atoms with Crippen molar-refractivity contribution in [2.45, 2.75) is 12.5 Å². The first-order chi connectivity index (χ1) is 8.49. The summed E-state index contributed by atoms with van der Waals surface area (Å²) in [5.74, 6) is -3.38. The predicted molar refractivity (Wildman–Crippen MR) is 67.0 cm³/mol. The molecule has 1 aromatic carbocycles. The lowest BCUT2D eigenvalue weighted by atomic mass is 10.0. The van der Waals surface area contributed by atoms with E-state index in [1.165, 1.54) is 11.3 Å². The smallest absolute Gasteiger partial charge is 0.161 e. The quantitative estimate of drug-likeness (QED) is 0.832. The molecule has 96 valence electrons. The number of halogens is 4. The standard InChI is InChI=1S/C12H8BrF3OS/c13-7-1-2-18-12(7)5-11(17)6-3-9(15)10(16)4-8(6)14/h1-4,11,17H,5H2. The van der Waals surface area contributed by atoms with Gasteiger partial charge >= 0.3 is 0 Å². The molecule has 0 aliphatic rings. The molecule has 1 unspecified atom stereocenters. The van der Waals surface area contributed by atoms with Crippen molar-refractivity contribution in [2.24, 2.45) is 0 Å². The van der Waals surface area contributed by atoms with Crippen LogP contribution in [0.3, 0.4) is 0 Å². The van der Waals surface area contributed by atoms with Gasteiger partial charge in [0, 0.05) is 27.4 Å². The minimum atomic E-state index is -1.26. The van der Waals surface area contributed by atoms with E-state index in [-0.39, 0.29) is 12.0 Å². The molecule has 0 amide bonds. The Kier molecular flexibility index (Phi) is 4.09. The van der Waals surface area contributed by atoms with Gasteiger partial charge in [-0.1, -0.05) is 0 Å². The van der Waals surface area contributed by atoms with Gasteiger partial charge in [-0.05, 0) is 33.4 Å². The highest BCUT2D eigenvalue weighted by Crippen LogP contribution is 2.29. The first-order valence-electron chi connectivity index (χ1n) is 5.03. The van der Waals surface area contributed by atoms with Crippen LogP contribution in [0, 0.1) is 17.5 Å². The van der Waals surface area contributed by atoms with Gasteiger partial charge in [0.2, 0.25) is 0 Å². The zero-order chi connectivity index (χ0) is 13.3. The normalized spacial score (nSPS) is 12.7. The van der Waals surface area contributed by atoms with E-state index < -0.39 is 23.6 Å². The van der Waals surface area contributed by atoms with E-state index >= 15 is 0 Å². The summed E-state index contributed by atoms with van der Waals surface area (Å²) in [5, 5.41) is 11.7. The number of aliphatic hydroxyl groups excluding tert-OH is 1. The van der Waals surface area contributed by atoms with E-state index in [2.05, 4.69) is 15.9 Å². The molecule has 1 atom stereocenters. The summed E-state index contributed by atoms with van der Waals surface area (Å²) in [5.41, 5.74) is -0.241. The molecule has 1 aromatic heterocycles. The van der Waals surface area contributed by atoms with Gasteiger partial charge < -0.3 is 5.11 Å². The molecular weight excluding hydrogens is 329 g/mol. The Hall–Kier alpha value is -0.850. The van der Waals surface area contributed by atoms with Crippen LogP contribution in [0.15, 0.2) is 28.1 Å². The van der Waals surface area contributed by atoms with E-state index in [1.807, 2.05) is 5.38 Å². The van der Waals surface area contributed by atoms with Crippen LogP contribution in [0.25, 0.3) is 0 Å². The van der Waals surface area contributed by atoms with Crippen molar-refractivity contribution in [3.63, 3.8) is 0 Å². The van der Waals surface area contributed by atoms with E-state index in [0.29, 0.717) is 12.1 Å². The third-order valence-corrected chi connectivity index (χ3v) is 4.42. The predicted octanol–water partition coefficient (Wildman–Crippen LogP) is 4.20. The Labute approximate surface area is 114 Å². The topological polar surface area (TPSA) is 20.2 Å². The van der Waals surface area contributed by atoms with Crippen LogP contribution in [0.4, 0.5) is 13.2 Å². The maximum absolute atomic E-state index is 13.4. The highest BCUT2D eigenvalue weighted by molar-refractivity contribution is 9.10. The number of thiophene rings is 1. The van der Waals surface area contributed by atoms with Crippen molar-refractivity contribution in [1.82, 2.24) is 0 Å². The molecule has 6 heteroatoms. The minimum absolute atomic E-state index is 0.139. The second-order valence-electron chi connectivity index (χ2n) is 3.70. The lowest BCUT2D eigenvalue weighted by molar-refractivity contribution is 0.173. The average molecular weight is 337 g/mol. The SMILES string of the molecule is OC(Cc1sccc1Br)c1cc(F)c(F)cc1F. The van der Waals surface area contributed by atoms with Crippen LogP contribution in [0.2, 0.25) is 0 Å². The van der Waals surface area contributed by atoms with Gasteiger partial charge in [0.1, 0.15) is 5.82 Å². The first kappa shape index (κ1) is 13.6. The van der Waals surface area contributed by atoms with Crippen LogP contribution in [0.1, 0.15) is 16.5 Å². The van der Waals surface area contributed by atoms with Crippen molar-refractivity contribution >= 4 is 27.3 Å². The molecule has 0 saturated heterocycles. The summed E-state index contributed by atoms with van der Waals surface area (Å²) in [6.07, 6.45) is -1.07. The van der Waals surface area contributed by atoms with Crippen LogP contribution in [-0.4, -0.2) is 5.11 Å². The van der Waals surface area contributed by atoms with Crippen molar-refractivity contribution < 1.29 is 18.3 Å². The summed E-state index contributed by atoms with van der Waals surface area (Å²) in [4.78, 5) is 0.812. The molecule has 0 bridgehead atoms. The van der Waals surface area contributed by atoms with Crippen molar-refractivity contribution in [1.29, 1.82) is 0 Å². The molecular formula is C12H8BrF3OS. The fraction of sp³-hybridized carbons (Fsp3) is 0.167. The van der Waals surface area contributed by atoms with Gasteiger partial charge in [0.05, 0.1) is 6.10 Å². The summed E-state index contributed by atoms with van der Waals surface area (Å²) in [7, 11) is 0. The first-order valence-corrected chi connectivity index (χ1v) is 6.70. The third kappa shape index (κ3) is 2.76. The Bertz CT molecular complexity index is 570. The highest BCUT2D eigenvalue weighted by atomic mass is 79.9. The summed E-state index contributed by atoms with van der Waals surface area (Å²) in [6.45, 7) is 0. The number of hydrogen-bond donors (Lipinski definition) is 1. The van der Waals surface area contributed by atoms with Gasteiger partial charge in [-0.15, -0.1) is 11.3 Å². The van der Waals surface area contributed by atoms with Gasteiger partial charge in [-0.2, -0.15) is 0 Å². The molecule has 18 heavy (non-hydrogen) atoms. The van der Waals surface area contributed by atoms with Crippen LogP contribution in [0.5, 0.6) is 0 Å². The van der Waals surface area contributed by atoms with E-state index in [9.17, 15) is 18.3 Å². The Morgan fingerprint density at radius 1 is 1.17 bits per heavy atom. The Morgan fingerprint density at radius 2 is 1.83 bits per heavy atom. The third-order valence-electron chi connectivity index (χ3n) is 2.47. The minimum Gasteiger partial charge on any atom is -0.388 e. The number of benzene rings is 1. The monoisotopic (exact) mass is 336 g/mol. The molecule has 0 saturated carbocycles. The molecule has 1 heterocycles. The molecule has 2 aromatic rings. The highest BCUT2D eigenvalue weighted by Gasteiger charge is 2.18. The maximum Gasteiger partial charge on any atom is 0.161 e. The average Bonchev–Trinajstić information content (AvgIpc) is 2.69. The lowest BCUT2D eigenvalue weighted by Crippen LogP contribution is -2.05. The Balaban J connectivity index is 2.26. The fourth-order valence-electron chi connectivity index (χ4n) is 1.55. The van der Waals surface area contributed by atoms with E-state index in [1.54, 1.807) is 6.07 Å². The van der Waals surface area contributed by atoms with Gasteiger partial charge in [0.15, 0.2) is 11.6 Å². The molecule has 1 nitrogen and oxygen atoms in total. The van der Waals surface area contributed by atoms with Gasteiger partial charge in [-0.3, -0.25) is 0 Å².